The molecule has 0 aliphatic carbocycles. The number of benzene rings is 3. The number of H-pyrrole nitrogens is 1. The lowest BCUT2D eigenvalue weighted by Gasteiger charge is -2.43. The minimum atomic E-state index is -1.24. The molecule has 1 unspecified atom stereocenters. The number of nitrogens with one attached hydrogen (secondary N) is 3. The zero-order chi connectivity index (χ0) is 24.9. The first-order valence-electron chi connectivity index (χ1n) is 11.3. The third-order valence-corrected chi connectivity index (χ3v) is 6.50. The van der Waals surface area contributed by atoms with Crippen LogP contribution in [-0.2, 0) is 0 Å². The van der Waals surface area contributed by atoms with E-state index in [4.69, 9.17) is 4.74 Å². The lowest BCUT2D eigenvalue weighted by Crippen LogP contribution is -2.55. The number of para-hydroxylation sites is 2. The number of ether oxygens (including phenoxy) is 1. The van der Waals surface area contributed by atoms with Gasteiger partial charge in [-0.05, 0) is 44.5 Å². The van der Waals surface area contributed by atoms with Gasteiger partial charge in [-0.1, -0.05) is 36.4 Å². The van der Waals surface area contributed by atoms with Gasteiger partial charge in [-0.25, -0.2) is 13.6 Å². The van der Waals surface area contributed by atoms with Crippen LogP contribution in [0.5, 0.6) is 5.75 Å². The van der Waals surface area contributed by atoms with Crippen LogP contribution in [-0.4, -0.2) is 27.8 Å². The summed E-state index contributed by atoms with van der Waals surface area (Å²) in [4.78, 5) is 15.8. The molecule has 0 radical (unpaired) electrons. The van der Waals surface area contributed by atoms with Gasteiger partial charge < -0.3 is 25.5 Å². The molecule has 5 rings (SSSR count). The summed E-state index contributed by atoms with van der Waals surface area (Å²) in [7, 11) is 0. The van der Waals surface area contributed by atoms with Crippen LogP contribution in [0.2, 0.25) is 0 Å². The third-order valence-electron chi connectivity index (χ3n) is 6.50. The maximum Gasteiger partial charge on any atom is 0.413 e. The number of anilines is 1. The first kappa shape index (κ1) is 22.9. The number of aromatic amines is 1. The maximum atomic E-state index is 16.2. The topological polar surface area (TPSA) is 86.4 Å². The molecular weight excluding hydrogens is 452 g/mol. The van der Waals surface area contributed by atoms with Gasteiger partial charge in [0, 0.05) is 28.4 Å². The summed E-state index contributed by atoms with van der Waals surface area (Å²) in [6.45, 7) is 5.27. The maximum absolute atomic E-state index is 16.2. The van der Waals surface area contributed by atoms with Crippen LogP contribution in [0.25, 0.3) is 22.0 Å². The van der Waals surface area contributed by atoms with Crippen molar-refractivity contribution in [3.63, 3.8) is 0 Å². The molecule has 0 saturated carbocycles. The first-order valence-corrected chi connectivity index (χ1v) is 11.3. The number of rotatable bonds is 3. The molecule has 1 amide bonds. The largest absolute Gasteiger partial charge is 0.413 e. The highest BCUT2D eigenvalue weighted by Crippen LogP contribution is 2.44. The molecule has 1 aromatic heterocycles. The van der Waals surface area contributed by atoms with Gasteiger partial charge in [0.2, 0.25) is 0 Å². The van der Waals surface area contributed by atoms with Gasteiger partial charge >= 0.3 is 6.09 Å². The zero-order valence-electron chi connectivity index (χ0n) is 19.4. The van der Waals surface area contributed by atoms with Crippen molar-refractivity contribution in [2.45, 2.75) is 38.5 Å². The number of hydrogen-bond donors (Lipinski definition) is 4. The molecule has 0 bridgehead atoms. The first-order chi connectivity index (χ1) is 16.7. The Morgan fingerprint density at radius 3 is 2.60 bits per heavy atom. The summed E-state index contributed by atoms with van der Waals surface area (Å²) in [5, 5.41) is 17.5. The van der Waals surface area contributed by atoms with Gasteiger partial charge in [0.25, 0.3) is 0 Å². The quantitative estimate of drug-likeness (QED) is 0.300. The summed E-state index contributed by atoms with van der Waals surface area (Å²) in [6, 6.07) is 13.6. The Hall–Kier alpha value is -3.91. The molecule has 6 nitrogen and oxygen atoms in total. The number of amides is 1. The Bertz CT molecular complexity index is 1430. The highest BCUT2D eigenvalue weighted by Gasteiger charge is 2.44. The van der Waals surface area contributed by atoms with Crippen LogP contribution >= 0.6 is 0 Å². The normalized spacial score (nSPS) is 18.6. The van der Waals surface area contributed by atoms with Crippen molar-refractivity contribution >= 4 is 22.7 Å². The SMILES string of the molecule is Cc1c[nH]c2c(-c3c(F)cc4c(c3F)[C@H](NC(=O)Oc3ccccc3)C(O)C(C)(C)N4)cccc12. The summed E-state index contributed by atoms with van der Waals surface area (Å²) in [6.07, 6.45) is -0.328. The van der Waals surface area contributed by atoms with Crippen molar-refractivity contribution in [1.82, 2.24) is 10.3 Å². The standard InChI is InChI=1S/C27H25F2N3O3/c1-14-13-30-23-16(14)10-7-11-17(23)20-18(28)12-19-21(22(20)29)24(25(33)27(2,3)32-19)31-26(34)35-15-8-5-4-6-9-15/h4-13,24-25,30,32-33H,1-3H3,(H,31,34)/t24-,25?/m0/s1. The summed E-state index contributed by atoms with van der Waals surface area (Å²) < 4.78 is 36.9. The lowest BCUT2D eigenvalue weighted by molar-refractivity contribution is 0.0669. The van der Waals surface area contributed by atoms with E-state index >= 15 is 8.78 Å². The van der Waals surface area contributed by atoms with E-state index in [-0.39, 0.29) is 16.8 Å². The lowest BCUT2D eigenvalue weighted by atomic mass is 9.81. The fraction of sp³-hybridized carbons (Fsp3) is 0.222. The second kappa shape index (κ2) is 8.39. The Morgan fingerprint density at radius 2 is 1.86 bits per heavy atom. The number of halogens is 2. The van der Waals surface area contributed by atoms with Crippen LogP contribution in [0.4, 0.5) is 19.3 Å². The molecule has 0 saturated heterocycles. The molecule has 2 heterocycles. The zero-order valence-corrected chi connectivity index (χ0v) is 19.4. The van der Waals surface area contributed by atoms with E-state index in [1.54, 1.807) is 62.5 Å². The van der Waals surface area contributed by atoms with E-state index in [0.29, 0.717) is 16.8 Å². The Labute approximate surface area is 200 Å². The molecule has 2 atom stereocenters. The van der Waals surface area contributed by atoms with Gasteiger partial charge in [-0.3, -0.25) is 0 Å². The van der Waals surface area contributed by atoms with Crippen LogP contribution in [0.1, 0.15) is 31.0 Å². The van der Waals surface area contributed by atoms with Gasteiger partial charge in [0.1, 0.15) is 23.5 Å². The third kappa shape index (κ3) is 3.89. The average molecular weight is 478 g/mol. The van der Waals surface area contributed by atoms with Gasteiger partial charge in [-0.15, -0.1) is 0 Å². The second-order valence-electron chi connectivity index (χ2n) is 9.32. The molecule has 0 fully saturated rings. The summed E-state index contributed by atoms with van der Waals surface area (Å²) in [5.41, 5.74) is 0.765. The molecule has 4 N–H and O–H groups in total. The van der Waals surface area contributed by atoms with Crippen molar-refractivity contribution in [2.24, 2.45) is 0 Å². The number of aliphatic hydroxyl groups excluding tert-OH is 1. The van der Waals surface area contributed by atoms with E-state index < -0.39 is 35.4 Å². The number of aryl methyl sites for hydroxylation is 1. The van der Waals surface area contributed by atoms with Crippen molar-refractivity contribution in [3.8, 4) is 16.9 Å². The highest BCUT2D eigenvalue weighted by molar-refractivity contribution is 5.96. The molecular formula is C27H25F2N3O3. The predicted molar refractivity (Wildman–Crippen MR) is 130 cm³/mol. The van der Waals surface area contributed by atoms with Crippen molar-refractivity contribution in [3.05, 3.63) is 83.6 Å². The Kier molecular flexibility index (Phi) is 5.48. The van der Waals surface area contributed by atoms with Crippen LogP contribution in [0.3, 0.4) is 0 Å². The molecule has 35 heavy (non-hydrogen) atoms. The summed E-state index contributed by atoms with van der Waals surface area (Å²) in [5.74, 6) is -1.33. The second-order valence-corrected chi connectivity index (χ2v) is 9.32. The fourth-order valence-corrected chi connectivity index (χ4v) is 4.69. The van der Waals surface area contributed by atoms with Crippen molar-refractivity contribution in [1.29, 1.82) is 0 Å². The van der Waals surface area contributed by atoms with E-state index in [2.05, 4.69) is 15.6 Å². The molecule has 8 heteroatoms. The molecule has 0 spiro atoms. The van der Waals surface area contributed by atoms with Crippen molar-refractivity contribution < 1.29 is 23.4 Å². The van der Waals surface area contributed by atoms with Gasteiger partial charge in [0.05, 0.1) is 22.7 Å². The Balaban J connectivity index is 1.62. The van der Waals surface area contributed by atoms with Crippen LogP contribution in [0.15, 0.2) is 60.8 Å². The van der Waals surface area contributed by atoms with E-state index in [0.717, 1.165) is 10.9 Å². The van der Waals surface area contributed by atoms with E-state index in [9.17, 15) is 9.90 Å². The van der Waals surface area contributed by atoms with E-state index in [1.165, 1.54) is 6.07 Å². The molecule has 3 aromatic carbocycles. The summed E-state index contributed by atoms with van der Waals surface area (Å²) >= 11 is 0. The Morgan fingerprint density at radius 1 is 1.11 bits per heavy atom. The monoisotopic (exact) mass is 477 g/mol. The number of hydrogen-bond acceptors (Lipinski definition) is 4. The van der Waals surface area contributed by atoms with Gasteiger partial charge in [0.15, 0.2) is 0 Å². The smallest absolute Gasteiger partial charge is 0.410 e. The molecule has 4 aromatic rings. The fourth-order valence-electron chi connectivity index (χ4n) is 4.69. The number of carbonyl (C=O) groups is 1. The predicted octanol–water partition coefficient (Wildman–Crippen LogP) is 5.82. The van der Waals surface area contributed by atoms with E-state index in [1.807, 2.05) is 13.0 Å². The average Bonchev–Trinajstić information content (AvgIpc) is 3.19. The number of carbonyl (C=O) groups excluding carboxylic acids is 1. The minimum Gasteiger partial charge on any atom is -0.410 e. The molecule has 1 aliphatic rings. The van der Waals surface area contributed by atoms with Crippen molar-refractivity contribution in [2.75, 3.05) is 5.32 Å². The molecule has 1 aliphatic heterocycles. The number of aliphatic hydroxyl groups is 1. The van der Waals surface area contributed by atoms with Crippen LogP contribution in [0, 0.1) is 18.6 Å². The molecule has 180 valence electrons. The van der Waals surface area contributed by atoms with Crippen LogP contribution < -0.4 is 15.4 Å². The highest BCUT2D eigenvalue weighted by atomic mass is 19.1. The minimum absolute atomic E-state index is 0.0430. The number of aromatic nitrogens is 1. The number of fused-ring (bicyclic) bond motifs is 2. The van der Waals surface area contributed by atoms with Gasteiger partial charge in [-0.2, -0.15) is 0 Å².